The van der Waals surface area contributed by atoms with Crippen molar-refractivity contribution in [2.24, 2.45) is 5.41 Å². The van der Waals surface area contributed by atoms with Crippen LogP contribution < -0.4 is 27.0 Å². The number of nitrogens with one attached hydrogen (secondary N) is 2. The first-order valence-electron chi connectivity index (χ1n) is 15.7. The normalized spacial score (nSPS) is 24.4. The van der Waals surface area contributed by atoms with Crippen LogP contribution in [0.3, 0.4) is 0 Å². The molecule has 0 saturated carbocycles. The van der Waals surface area contributed by atoms with Gasteiger partial charge >= 0.3 is 0 Å². The van der Waals surface area contributed by atoms with Gasteiger partial charge in [-0.25, -0.2) is 19.3 Å². The monoisotopic (exact) mass is 633 g/mol. The minimum Gasteiger partial charge on any atom is -0.384 e. The Morgan fingerprint density at radius 1 is 1.22 bits per heavy atom. The lowest BCUT2D eigenvalue weighted by Gasteiger charge is -2.43. The third kappa shape index (κ3) is 5.94. The SMILES string of the molecule is C[C@@H]1OCC2(CCN(c3cnc(Sc4ccnc(N)c4)c(N)n3)CC2)[C@@H]1NCc1cc2c(cc1F)C(=O)N(C1CCCNC1)C2. The summed E-state index contributed by atoms with van der Waals surface area (Å²) in [6.07, 6.45) is 7.25. The van der Waals surface area contributed by atoms with E-state index in [0.717, 1.165) is 68.1 Å². The molecule has 11 nitrogen and oxygen atoms in total. The zero-order chi connectivity index (χ0) is 31.1. The summed E-state index contributed by atoms with van der Waals surface area (Å²) >= 11 is 1.41. The fraction of sp³-hybridized carbons (Fsp3) is 0.500. The molecule has 13 heteroatoms. The van der Waals surface area contributed by atoms with Gasteiger partial charge in [-0.1, -0.05) is 11.8 Å². The fourth-order valence-corrected chi connectivity index (χ4v) is 8.16. The number of halogens is 1. The number of ether oxygens (including phenoxy) is 1. The molecule has 4 aliphatic heterocycles. The number of hydrogen-bond acceptors (Lipinski definition) is 11. The molecule has 0 aliphatic carbocycles. The first kappa shape index (κ1) is 30.2. The van der Waals surface area contributed by atoms with Gasteiger partial charge in [-0.3, -0.25) is 4.79 Å². The Labute approximate surface area is 266 Å². The first-order chi connectivity index (χ1) is 21.8. The maximum Gasteiger partial charge on any atom is 0.254 e. The summed E-state index contributed by atoms with van der Waals surface area (Å²) in [5.41, 5.74) is 14.1. The van der Waals surface area contributed by atoms with E-state index < -0.39 is 0 Å². The molecule has 1 aromatic carbocycles. The molecule has 2 aromatic heterocycles. The molecular weight excluding hydrogens is 593 g/mol. The fourth-order valence-electron chi connectivity index (χ4n) is 7.38. The zero-order valence-electron chi connectivity index (χ0n) is 25.5. The predicted molar refractivity (Wildman–Crippen MR) is 171 cm³/mol. The highest BCUT2D eigenvalue weighted by molar-refractivity contribution is 7.99. The number of carbonyl (C=O) groups excluding carboxylic acids is 1. The molecule has 3 saturated heterocycles. The summed E-state index contributed by atoms with van der Waals surface area (Å²) in [6, 6.07) is 7.20. The lowest BCUT2D eigenvalue weighted by atomic mass is 9.73. The molecule has 1 spiro atoms. The standard InChI is InChI=1S/C32H40FN9O2S/c1-19-28(38-14-20-11-21-17-42(22-3-2-7-36-15-22)31(43)24(21)13-25(20)33)32(18-44-19)5-9-41(10-6-32)27-16-39-30(29(35)40-27)45-23-4-8-37-26(34)12-23/h4,8,11-13,16,19,22,28,36,38H,2-3,5-7,9-10,14-15,17-18H2,1H3,(H2,34,37)(H2,35,40)/t19-,22?,28+/m0/s1. The van der Waals surface area contributed by atoms with Crippen LogP contribution in [-0.2, 0) is 17.8 Å². The summed E-state index contributed by atoms with van der Waals surface area (Å²) in [7, 11) is 0. The van der Waals surface area contributed by atoms with Gasteiger partial charge in [0.2, 0.25) is 0 Å². The zero-order valence-corrected chi connectivity index (χ0v) is 26.3. The predicted octanol–water partition coefficient (Wildman–Crippen LogP) is 3.20. The number of nitrogens with zero attached hydrogens (tertiary/aromatic N) is 5. The van der Waals surface area contributed by atoms with Crippen molar-refractivity contribution in [3.05, 3.63) is 59.2 Å². The Morgan fingerprint density at radius 3 is 2.82 bits per heavy atom. The number of amides is 1. The molecule has 3 atom stereocenters. The number of hydrogen-bond donors (Lipinski definition) is 4. The number of piperidine rings is 2. The van der Waals surface area contributed by atoms with E-state index in [4.69, 9.17) is 16.2 Å². The van der Waals surface area contributed by atoms with Gasteiger partial charge in [-0.15, -0.1) is 0 Å². The Balaban J connectivity index is 0.990. The summed E-state index contributed by atoms with van der Waals surface area (Å²) in [5, 5.41) is 7.68. The second-order valence-electron chi connectivity index (χ2n) is 12.7. The third-order valence-corrected chi connectivity index (χ3v) is 10.9. The topological polar surface area (TPSA) is 148 Å². The van der Waals surface area contributed by atoms with Crippen molar-refractivity contribution < 1.29 is 13.9 Å². The highest BCUT2D eigenvalue weighted by Gasteiger charge is 2.49. The minimum atomic E-state index is -0.334. The van der Waals surface area contributed by atoms with Crippen molar-refractivity contribution in [1.29, 1.82) is 0 Å². The molecular formula is C32H40FN9O2S. The molecule has 3 aromatic rings. The molecule has 3 fully saturated rings. The molecule has 1 unspecified atom stereocenters. The van der Waals surface area contributed by atoms with Crippen LogP contribution in [0.2, 0.25) is 0 Å². The average molecular weight is 634 g/mol. The van der Waals surface area contributed by atoms with Crippen LogP contribution in [0, 0.1) is 11.2 Å². The van der Waals surface area contributed by atoms with E-state index in [-0.39, 0.29) is 35.3 Å². The van der Waals surface area contributed by atoms with Gasteiger partial charge in [0.15, 0.2) is 5.82 Å². The van der Waals surface area contributed by atoms with Crippen LogP contribution in [0.1, 0.15) is 54.1 Å². The Hall–Kier alpha value is -3.52. The van der Waals surface area contributed by atoms with Crippen LogP contribution in [0.4, 0.5) is 21.8 Å². The highest BCUT2D eigenvalue weighted by atomic mass is 32.2. The maximum atomic E-state index is 15.3. The van der Waals surface area contributed by atoms with Crippen molar-refractivity contribution >= 4 is 35.1 Å². The minimum absolute atomic E-state index is 0.00104. The van der Waals surface area contributed by atoms with Crippen LogP contribution in [0.25, 0.3) is 0 Å². The van der Waals surface area contributed by atoms with Gasteiger partial charge in [0, 0.05) is 72.4 Å². The first-order valence-corrected chi connectivity index (χ1v) is 16.6. The van der Waals surface area contributed by atoms with E-state index in [2.05, 4.69) is 37.4 Å². The molecule has 1 amide bonds. The van der Waals surface area contributed by atoms with Gasteiger partial charge in [0.25, 0.3) is 5.91 Å². The van der Waals surface area contributed by atoms with E-state index in [1.54, 1.807) is 18.5 Å². The number of nitrogen functional groups attached to an aromatic ring is 2. The quantitative estimate of drug-likeness (QED) is 0.304. The van der Waals surface area contributed by atoms with E-state index in [0.29, 0.717) is 47.5 Å². The van der Waals surface area contributed by atoms with E-state index in [9.17, 15) is 4.79 Å². The Morgan fingerprint density at radius 2 is 2.07 bits per heavy atom. The highest BCUT2D eigenvalue weighted by Crippen LogP contribution is 2.43. The molecule has 6 heterocycles. The van der Waals surface area contributed by atoms with Crippen LogP contribution in [0.15, 0.2) is 46.6 Å². The smallest absolute Gasteiger partial charge is 0.254 e. The molecule has 45 heavy (non-hydrogen) atoms. The van der Waals surface area contributed by atoms with Crippen molar-refractivity contribution in [1.82, 2.24) is 30.5 Å². The van der Waals surface area contributed by atoms with Crippen LogP contribution >= 0.6 is 11.8 Å². The van der Waals surface area contributed by atoms with Gasteiger partial charge in [-0.05, 0) is 69.0 Å². The summed E-state index contributed by atoms with van der Waals surface area (Å²) in [4.78, 5) is 31.4. The maximum absolute atomic E-state index is 15.3. The molecule has 238 valence electrons. The summed E-state index contributed by atoms with van der Waals surface area (Å²) < 4.78 is 21.5. The second-order valence-corrected chi connectivity index (χ2v) is 13.8. The number of pyridine rings is 1. The number of benzene rings is 1. The van der Waals surface area contributed by atoms with Crippen molar-refractivity contribution in [2.75, 3.05) is 49.2 Å². The van der Waals surface area contributed by atoms with E-state index in [1.165, 1.54) is 17.8 Å². The van der Waals surface area contributed by atoms with Gasteiger partial charge in [-0.2, -0.15) is 0 Å². The number of rotatable bonds is 7. The Kier molecular flexibility index (Phi) is 8.27. The van der Waals surface area contributed by atoms with Crippen LogP contribution in [-0.4, -0.2) is 76.7 Å². The third-order valence-electron chi connectivity index (χ3n) is 9.89. The number of carbonyl (C=O) groups is 1. The van der Waals surface area contributed by atoms with E-state index >= 15 is 4.39 Å². The Bertz CT molecular complexity index is 1580. The number of aromatic nitrogens is 3. The molecule has 4 aliphatic rings. The van der Waals surface area contributed by atoms with Crippen molar-refractivity contribution in [2.45, 2.75) is 73.8 Å². The number of anilines is 3. The molecule has 6 N–H and O–H groups in total. The largest absolute Gasteiger partial charge is 0.384 e. The second kappa shape index (κ2) is 12.3. The summed E-state index contributed by atoms with van der Waals surface area (Å²) in [6.45, 7) is 7.03. The number of fused-ring (bicyclic) bond motifs is 1. The summed E-state index contributed by atoms with van der Waals surface area (Å²) in [5.74, 6) is 1.18. The number of nitrogens with two attached hydrogens (primary N) is 2. The van der Waals surface area contributed by atoms with Crippen molar-refractivity contribution in [3.63, 3.8) is 0 Å². The van der Waals surface area contributed by atoms with E-state index in [1.807, 2.05) is 17.0 Å². The lowest BCUT2D eigenvalue weighted by molar-refractivity contribution is 0.0674. The van der Waals surface area contributed by atoms with Gasteiger partial charge in [0.05, 0.1) is 18.9 Å². The lowest BCUT2D eigenvalue weighted by Crippen LogP contribution is -2.52. The van der Waals surface area contributed by atoms with Crippen molar-refractivity contribution in [3.8, 4) is 0 Å². The molecule has 0 radical (unpaired) electrons. The van der Waals surface area contributed by atoms with Crippen LogP contribution in [0.5, 0.6) is 0 Å². The van der Waals surface area contributed by atoms with Gasteiger partial charge in [0.1, 0.15) is 22.5 Å². The molecule has 7 rings (SSSR count). The average Bonchev–Trinajstić information content (AvgIpc) is 3.52. The molecule has 0 bridgehead atoms. The van der Waals surface area contributed by atoms with Gasteiger partial charge < -0.3 is 36.6 Å².